The molecule has 0 bridgehead atoms. The second-order valence-corrected chi connectivity index (χ2v) is 7.05. The van der Waals surface area contributed by atoms with E-state index in [1.54, 1.807) is 0 Å². The average Bonchev–Trinajstić information content (AvgIpc) is 3.32. The van der Waals surface area contributed by atoms with Crippen molar-refractivity contribution >= 4 is 34.1 Å². The van der Waals surface area contributed by atoms with Crippen LogP contribution in [0, 0.1) is 0 Å². The maximum absolute atomic E-state index is 13.0. The topological polar surface area (TPSA) is 68.4 Å². The first kappa shape index (κ1) is 15.9. The van der Waals surface area contributed by atoms with E-state index < -0.39 is 0 Å². The number of aromatic nitrogens is 1. The van der Waals surface area contributed by atoms with Crippen molar-refractivity contribution in [1.82, 2.24) is 9.88 Å². The highest BCUT2D eigenvalue weighted by atomic mass is 16.2. The fourth-order valence-electron chi connectivity index (χ4n) is 4.10. The van der Waals surface area contributed by atoms with Crippen LogP contribution in [0.5, 0.6) is 0 Å². The Hall–Kier alpha value is -3.28. The van der Waals surface area contributed by atoms with Gasteiger partial charge in [-0.15, -0.1) is 0 Å². The molecule has 0 aliphatic carbocycles. The van der Waals surface area contributed by atoms with Gasteiger partial charge in [0.25, 0.3) is 5.91 Å². The molecule has 3 heterocycles. The van der Waals surface area contributed by atoms with Gasteiger partial charge in [-0.05, 0) is 29.8 Å². The lowest BCUT2D eigenvalue weighted by Gasteiger charge is -2.36. The number of hydrogen-bond donors (Lipinski definition) is 2. The molecule has 6 heteroatoms. The Morgan fingerprint density at radius 3 is 2.63 bits per heavy atom. The highest BCUT2D eigenvalue weighted by molar-refractivity contribution is 6.05. The largest absolute Gasteiger partial charge is 0.366 e. The van der Waals surface area contributed by atoms with Crippen molar-refractivity contribution in [2.45, 2.75) is 6.42 Å². The first-order valence-electron chi connectivity index (χ1n) is 9.23. The molecule has 2 amide bonds. The Balaban J connectivity index is 1.34. The van der Waals surface area contributed by atoms with E-state index >= 15 is 0 Å². The first-order valence-corrected chi connectivity index (χ1v) is 9.23. The minimum Gasteiger partial charge on any atom is -0.366 e. The third-order valence-corrected chi connectivity index (χ3v) is 5.49. The van der Waals surface area contributed by atoms with Crippen LogP contribution >= 0.6 is 0 Å². The molecule has 0 saturated carbocycles. The maximum Gasteiger partial charge on any atom is 0.254 e. The molecule has 1 saturated heterocycles. The number of aromatic amines is 1. The van der Waals surface area contributed by atoms with Gasteiger partial charge >= 0.3 is 0 Å². The Morgan fingerprint density at radius 1 is 0.963 bits per heavy atom. The molecule has 2 N–H and O–H groups in total. The second kappa shape index (κ2) is 6.16. The van der Waals surface area contributed by atoms with E-state index in [9.17, 15) is 9.59 Å². The fourth-order valence-corrected chi connectivity index (χ4v) is 4.10. The van der Waals surface area contributed by atoms with Crippen LogP contribution in [0.15, 0.2) is 48.7 Å². The van der Waals surface area contributed by atoms with Gasteiger partial charge in [0, 0.05) is 49.0 Å². The normalized spacial score (nSPS) is 16.5. The van der Waals surface area contributed by atoms with Crippen LogP contribution in [-0.4, -0.2) is 47.9 Å². The number of fused-ring (bicyclic) bond motifs is 2. The van der Waals surface area contributed by atoms with Gasteiger partial charge in [-0.25, -0.2) is 0 Å². The van der Waals surface area contributed by atoms with Crippen LogP contribution in [0.1, 0.15) is 15.9 Å². The summed E-state index contributed by atoms with van der Waals surface area (Å²) in [4.78, 5) is 32.3. The van der Waals surface area contributed by atoms with E-state index in [2.05, 4.69) is 39.5 Å². The van der Waals surface area contributed by atoms with Crippen molar-refractivity contribution < 1.29 is 9.59 Å². The van der Waals surface area contributed by atoms with Gasteiger partial charge < -0.3 is 20.1 Å². The lowest BCUT2D eigenvalue weighted by molar-refractivity contribution is -0.115. The summed E-state index contributed by atoms with van der Waals surface area (Å²) in [6, 6.07) is 13.9. The highest BCUT2D eigenvalue weighted by Gasteiger charge is 2.28. The van der Waals surface area contributed by atoms with Gasteiger partial charge in [-0.3, -0.25) is 9.59 Å². The van der Waals surface area contributed by atoms with E-state index in [4.69, 9.17) is 0 Å². The average molecular weight is 360 g/mol. The quantitative estimate of drug-likeness (QED) is 0.738. The number of rotatable bonds is 2. The van der Waals surface area contributed by atoms with E-state index in [1.165, 1.54) is 11.1 Å². The summed E-state index contributed by atoms with van der Waals surface area (Å²) >= 11 is 0. The number of anilines is 2. The number of piperazine rings is 1. The predicted molar refractivity (Wildman–Crippen MR) is 105 cm³/mol. The molecule has 27 heavy (non-hydrogen) atoms. The van der Waals surface area contributed by atoms with Crippen LogP contribution < -0.4 is 10.2 Å². The number of nitrogens with one attached hydrogen (secondary N) is 2. The zero-order valence-corrected chi connectivity index (χ0v) is 14.9. The summed E-state index contributed by atoms with van der Waals surface area (Å²) in [6.07, 6.45) is 2.24. The van der Waals surface area contributed by atoms with Crippen molar-refractivity contribution in [3.05, 3.63) is 59.8 Å². The minimum atomic E-state index is -0.0471. The predicted octanol–water partition coefficient (Wildman–Crippen LogP) is 2.62. The monoisotopic (exact) mass is 360 g/mol. The zero-order valence-electron chi connectivity index (χ0n) is 14.9. The third kappa shape index (κ3) is 2.65. The maximum atomic E-state index is 13.0. The Morgan fingerprint density at radius 2 is 1.78 bits per heavy atom. The zero-order chi connectivity index (χ0) is 18.4. The lowest BCUT2D eigenvalue weighted by atomic mass is 10.0. The van der Waals surface area contributed by atoms with Crippen molar-refractivity contribution in [1.29, 1.82) is 0 Å². The molecule has 5 rings (SSSR count). The SMILES string of the molecule is O=C1Cc2c(cccc2C(=O)N2CCN(c3cccc4cc[nH]c34)CC2)N1. The van der Waals surface area contributed by atoms with Gasteiger partial charge in [0.15, 0.2) is 0 Å². The molecule has 0 radical (unpaired) electrons. The van der Waals surface area contributed by atoms with E-state index in [1.807, 2.05) is 29.3 Å². The van der Waals surface area contributed by atoms with Crippen LogP contribution in [0.3, 0.4) is 0 Å². The molecule has 2 aliphatic heterocycles. The minimum absolute atomic E-state index is 0.0149. The molecule has 0 atom stereocenters. The molecule has 0 spiro atoms. The number of carbonyl (C=O) groups excluding carboxylic acids is 2. The summed E-state index contributed by atoms with van der Waals surface area (Å²) < 4.78 is 0. The molecule has 136 valence electrons. The van der Waals surface area contributed by atoms with E-state index in [0.29, 0.717) is 18.7 Å². The summed E-state index contributed by atoms with van der Waals surface area (Å²) in [5, 5.41) is 4.01. The molecule has 2 aromatic carbocycles. The number of carbonyl (C=O) groups is 2. The molecular formula is C21H20N4O2. The van der Waals surface area contributed by atoms with Crippen LogP contribution in [0.4, 0.5) is 11.4 Å². The smallest absolute Gasteiger partial charge is 0.254 e. The van der Waals surface area contributed by atoms with Crippen molar-refractivity contribution in [2.24, 2.45) is 0 Å². The van der Waals surface area contributed by atoms with Crippen molar-refractivity contribution in [3.8, 4) is 0 Å². The molecular weight excluding hydrogens is 340 g/mol. The van der Waals surface area contributed by atoms with Gasteiger partial charge in [-0.1, -0.05) is 18.2 Å². The Kier molecular flexibility index (Phi) is 3.63. The molecule has 1 fully saturated rings. The van der Waals surface area contributed by atoms with Gasteiger partial charge in [0.05, 0.1) is 17.6 Å². The number of hydrogen-bond acceptors (Lipinski definition) is 3. The summed E-state index contributed by atoms with van der Waals surface area (Å²) in [5.41, 5.74) is 4.56. The summed E-state index contributed by atoms with van der Waals surface area (Å²) in [6.45, 7) is 2.91. The van der Waals surface area contributed by atoms with Crippen LogP contribution in [0.25, 0.3) is 10.9 Å². The summed E-state index contributed by atoms with van der Waals surface area (Å²) in [7, 11) is 0. The van der Waals surface area contributed by atoms with Crippen LogP contribution in [-0.2, 0) is 11.2 Å². The molecule has 1 aromatic heterocycles. The van der Waals surface area contributed by atoms with Gasteiger partial charge in [-0.2, -0.15) is 0 Å². The van der Waals surface area contributed by atoms with E-state index in [-0.39, 0.29) is 18.2 Å². The molecule has 0 unspecified atom stereocenters. The molecule has 6 nitrogen and oxygen atoms in total. The number of para-hydroxylation sites is 1. The molecule has 3 aromatic rings. The van der Waals surface area contributed by atoms with E-state index in [0.717, 1.165) is 29.9 Å². The van der Waals surface area contributed by atoms with Gasteiger partial charge in [0.2, 0.25) is 5.91 Å². The second-order valence-electron chi connectivity index (χ2n) is 7.05. The Bertz CT molecular complexity index is 1050. The standard InChI is InChI=1S/C21H20N4O2/c26-19-13-16-15(4-2-5-17(16)23-19)21(27)25-11-9-24(10-12-25)18-6-1-3-14-7-8-22-20(14)18/h1-8,22H,9-13H2,(H,23,26). The Labute approximate surface area is 156 Å². The number of H-pyrrole nitrogens is 1. The third-order valence-electron chi connectivity index (χ3n) is 5.49. The van der Waals surface area contributed by atoms with Crippen LogP contribution in [0.2, 0.25) is 0 Å². The number of benzene rings is 2. The van der Waals surface area contributed by atoms with Crippen molar-refractivity contribution in [3.63, 3.8) is 0 Å². The first-order chi connectivity index (χ1) is 13.2. The number of amides is 2. The highest BCUT2D eigenvalue weighted by Crippen LogP contribution is 2.29. The lowest BCUT2D eigenvalue weighted by Crippen LogP contribution is -2.49. The number of nitrogens with zero attached hydrogens (tertiary/aromatic N) is 2. The fraction of sp³-hybridized carbons (Fsp3) is 0.238. The molecule has 2 aliphatic rings. The van der Waals surface area contributed by atoms with Crippen molar-refractivity contribution in [2.75, 3.05) is 36.4 Å². The summed E-state index contributed by atoms with van der Waals surface area (Å²) in [5.74, 6) is -0.0322. The van der Waals surface area contributed by atoms with Gasteiger partial charge in [0.1, 0.15) is 0 Å².